The zero-order valence-corrected chi connectivity index (χ0v) is 13.8. The van der Waals surface area contributed by atoms with E-state index in [0.717, 1.165) is 17.0 Å². The number of aryl methyl sites for hydroxylation is 1. The van der Waals surface area contributed by atoms with Crippen molar-refractivity contribution >= 4 is 5.91 Å². The lowest BCUT2D eigenvalue weighted by Gasteiger charge is -2.17. The predicted octanol–water partition coefficient (Wildman–Crippen LogP) is 1.47. The minimum atomic E-state index is -0.546. The average molecular weight is 327 g/mol. The SMILES string of the molecule is COc1ccc(C(=O)N2C[C@@H](Cc3cnccn3)[C@H](O)C2)cc1C. The van der Waals surface area contributed by atoms with Crippen molar-refractivity contribution in [3.8, 4) is 5.75 Å². The van der Waals surface area contributed by atoms with Crippen LogP contribution in [-0.4, -0.2) is 52.2 Å². The Morgan fingerprint density at radius 2 is 2.21 bits per heavy atom. The zero-order chi connectivity index (χ0) is 17.1. The van der Waals surface area contributed by atoms with Gasteiger partial charge in [-0.3, -0.25) is 14.8 Å². The van der Waals surface area contributed by atoms with Crippen molar-refractivity contribution in [2.24, 2.45) is 5.92 Å². The summed E-state index contributed by atoms with van der Waals surface area (Å²) in [6.07, 6.45) is 5.02. The normalized spacial score (nSPS) is 20.2. The first-order chi connectivity index (χ1) is 11.6. The van der Waals surface area contributed by atoms with Gasteiger partial charge in [0.1, 0.15) is 5.75 Å². The molecule has 1 N–H and O–H groups in total. The second-order valence-electron chi connectivity index (χ2n) is 6.12. The van der Waals surface area contributed by atoms with E-state index in [9.17, 15) is 9.90 Å². The lowest BCUT2D eigenvalue weighted by Crippen LogP contribution is -2.29. The van der Waals surface area contributed by atoms with Crippen molar-refractivity contribution < 1.29 is 14.6 Å². The predicted molar refractivity (Wildman–Crippen MR) is 88.9 cm³/mol. The Hall–Kier alpha value is -2.47. The number of methoxy groups -OCH3 is 1. The van der Waals surface area contributed by atoms with Gasteiger partial charge in [0.15, 0.2) is 0 Å². The van der Waals surface area contributed by atoms with E-state index in [2.05, 4.69) is 9.97 Å². The second-order valence-corrected chi connectivity index (χ2v) is 6.12. The number of hydrogen-bond donors (Lipinski definition) is 1. The monoisotopic (exact) mass is 327 g/mol. The number of amides is 1. The van der Waals surface area contributed by atoms with E-state index >= 15 is 0 Å². The molecule has 2 aromatic rings. The van der Waals surface area contributed by atoms with Gasteiger partial charge in [-0.2, -0.15) is 0 Å². The van der Waals surface area contributed by atoms with E-state index in [1.807, 2.05) is 13.0 Å². The minimum Gasteiger partial charge on any atom is -0.496 e. The maximum atomic E-state index is 12.7. The van der Waals surface area contributed by atoms with E-state index in [-0.39, 0.29) is 11.8 Å². The molecule has 1 aliphatic heterocycles. The number of benzene rings is 1. The topological polar surface area (TPSA) is 75.5 Å². The van der Waals surface area contributed by atoms with Crippen LogP contribution in [0.4, 0.5) is 0 Å². The van der Waals surface area contributed by atoms with Crippen LogP contribution in [0.25, 0.3) is 0 Å². The molecule has 1 amide bonds. The molecule has 2 atom stereocenters. The van der Waals surface area contributed by atoms with Gasteiger partial charge in [0.05, 0.1) is 18.9 Å². The van der Waals surface area contributed by atoms with Crippen LogP contribution in [0.3, 0.4) is 0 Å². The Kier molecular flexibility index (Phi) is 4.76. The molecule has 0 unspecified atom stereocenters. The third-order valence-electron chi connectivity index (χ3n) is 4.42. The lowest BCUT2D eigenvalue weighted by atomic mass is 10.0. The fraction of sp³-hybridized carbons (Fsp3) is 0.389. The molecule has 1 aromatic heterocycles. The molecule has 0 bridgehead atoms. The van der Waals surface area contributed by atoms with E-state index in [1.54, 1.807) is 42.7 Å². The summed E-state index contributed by atoms with van der Waals surface area (Å²) in [5.74, 6) is 0.667. The summed E-state index contributed by atoms with van der Waals surface area (Å²) < 4.78 is 5.23. The number of carbonyl (C=O) groups is 1. The van der Waals surface area contributed by atoms with Crippen molar-refractivity contribution in [1.82, 2.24) is 14.9 Å². The quantitative estimate of drug-likeness (QED) is 0.920. The summed E-state index contributed by atoms with van der Waals surface area (Å²) in [6, 6.07) is 5.38. The number of aliphatic hydroxyl groups is 1. The molecule has 6 nitrogen and oxygen atoms in total. The first-order valence-electron chi connectivity index (χ1n) is 7.95. The van der Waals surface area contributed by atoms with Crippen LogP contribution >= 0.6 is 0 Å². The highest BCUT2D eigenvalue weighted by molar-refractivity contribution is 5.94. The van der Waals surface area contributed by atoms with Crippen LogP contribution < -0.4 is 4.74 Å². The molecule has 1 aromatic carbocycles. The maximum Gasteiger partial charge on any atom is 0.253 e. The molecule has 0 saturated carbocycles. The van der Waals surface area contributed by atoms with Crippen molar-refractivity contribution in [2.45, 2.75) is 19.4 Å². The van der Waals surface area contributed by atoms with E-state index in [0.29, 0.717) is 25.1 Å². The summed E-state index contributed by atoms with van der Waals surface area (Å²) in [5.41, 5.74) is 2.36. The Morgan fingerprint density at radius 1 is 1.38 bits per heavy atom. The molecule has 1 aliphatic rings. The first-order valence-corrected chi connectivity index (χ1v) is 7.95. The van der Waals surface area contributed by atoms with Crippen LogP contribution in [0.2, 0.25) is 0 Å². The molecule has 24 heavy (non-hydrogen) atoms. The molecule has 1 fully saturated rings. The molecule has 1 saturated heterocycles. The van der Waals surface area contributed by atoms with E-state index in [1.165, 1.54) is 0 Å². The van der Waals surface area contributed by atoms with Crippen LogP contribution in [0.15, 0.2) is 36.8 Å². The Bertz CT molecular complexity index is 721. The Balaban J connectivity index is 1.69. The van der Waals surface area contributed by atoms with Gasteiger partial charge in [-0.05, 0) is 37.1 Å². The number of β-amino-alcohol motifs (C(OH)–C–C–N with tert-alkyl or cyclic N) is 1. The molecule has 0 radical (unpaired) electrons. The number of rotatable bonds is 4. The fourth-order valence-electron chi connectivity index (χ4n) is 3.12. The molecule has 3 rings (SSSR count). The van der Waals surface area contributed by atoms with Gasteiger partial charge in [-0.25, -0.2) is 0 Å². The molecular weight excluding hydrogens is 306 g/mol. The molecule has 2 heterocycles. The number of ether oxygens (including phenoxy) is 1. The van der Waals surface area contributed by atoms with E-state index < -0.39 is 6.10 Å². The number of hydrogen-bond acceptors (Lipinski definition) is 5. The lowest BCUT2D eigenvalue weighted by molar-refractivity contribution is 0.0764. The minimum absolute atomic E-state index is 0.0232. The fourth-order valence-corrected chi connectivity index (χ4v) is 3.12. The number of aromatic nitrogens is 2. The first kappa shape index (κ1) is 16.4. The summed E-state index contributed by atoms with van der Waals surface area (Å²) in [6.45, 7) is 2.77. The largest absolute Gasteiger partial charge is 0.496 e. The third-order valence-corrected chi connectivity index (χ3v) is 4.42. The second kappa shape index (κ2) is 6.97. The van der Waals surface area contributed by atoms with Crippen LogP contribution in [0.5, 0.6) is 5.75 Å². The van der Waals surface area contributed by atoms with Crippen molar-refractivity contribution in [3.05, 3.63) is 53.6 Å². The smallest absolute Gasteiger partial charge is 0.253 e. The highest BCUT2D eigenvalue weighted by atomic mass is 16.5. The summed E-state index contributed by atoms with van der Waals surface area (Å²) >= 11 is 0. The molecule has 0 spiro atoms. The van der Waals surface area contributed by atoms with Gasteiger partial charge in [-0.15, -0.1) is 0 Å². The maximum absolute atomic E-state index is 12.7. The molecule has 0 aliphatic carbocycles. The number of aliphatic hydroxyl groups excluding tert-OH is 1. The summed E-state index contributed by atoms with van der Waals surface area (Å²) in [7, 11) is 1.61. The number of likely N-dealkylation sites (tertiary alicyclic amines) is 1. The standard InChI is InChI=1S/C18H21N3O3/c1-12-7-13(3-4-17(12)24-2)18(23)21-10-14(16(22)11-21)8-15-9-19-5-6-20-15/h3-7,9,14,16,22H,8,10-11H2,1-2H3/t14-,16-/m1/s1. The number of nitrogens with zero attached hydrogens (tertiary/aromatic N) is 3. The molecule has 126 valence electrons. The van der Waals surface area contributed by atoms with Gasteiger partial charge in [0, 0.05) is 43.2 Å². The Morgan fingerprint density at radius 3 is 2.88 bits per heavy atom. The number of carbonyl (C=O) groups excluding carboxylic acids is 1. The van der Waals surface area contributed by atoms with Gasteiger partial charge in [0.25, 0.3) is 5.91 Å². The van der Waals surface area contributed by atoms with Crippen LogP contribution in [0, 0.1) is 12.8 Å². The molecular formula is C18H21N3O3. The van der Waals surface area contributed by atoms with Gasteiger partial charge in [0.2, 0.25) is 0 Å². The highest BCUT2D eigenvalue weighted by Gasteiger charge is 2.34. The van der Waals surface area contributed by atoms with Crippen molar-refractivity contribution in [2.75, 3.05) is 20.2 Å². The molecule has 6 heteroatoms. The van der Waals surface area contributed by atoms with Crippen molar-refractivity contribution in [3.63, 3.8) is 0 Å². The average Bonchev–Trinajstić information content (AvgIpc) is 2.96. The van der Waals surface area contributed by atoms with Crippen LogP contribution in [-0.2, 0) is 6.42 Å². The zero-order valence-electron chi connectivity index (χ0n) is 13.8. The van der Waals surface area contributed by atoms with Gasteiger partial charge < -0.3 is 14.7 Å². The highest BCUT2D eigenvalue weighted by Crippen LogP contribution is 2.24. The van der Waals surface area contributed by atoms with E-state index in [4.69, 9.17) is 4.74 Å². The van der Waals surface area contributed by atoms with Gasteiger partial charge in [-0.1, -0.05) is 0 Å². The summed E-state index contributed by atoms with van der Waals surface area (Å²) in [4.78, 5) is 22.7. The Labute approximate surface area is 141 Å². The van der Waals surface area contributed by atoms with Crippen LogP contribution in [0.1, 0.15) is 21.6 Å². The van der Waals surface area contributed by atoms with Crippen molar-refractivity contribution in [1.29, 1.82) is 0 Å². The third kappa shape index (κ3) is 3.38. The summed E-state index contributed by atoms with van der Waals surface area (Å²) in [5, 5.41) is 10.3. The van der Waals surface area contributed by atoms with Gasteiger partial charge >= 0.3 is 0 Å².